The lowest BCUT2D eigenvalue weighted by Crippen LogP contribution is -2.37. The Labute approximate surface area is 154 Å². The van der Waals surface area contributed by atoms with E-state index in [1.54, 1.807) is 6.07 Å². The molecule has 2 rings (SSSR count). The van der Waals surface area contributed by atoms with Gasteiger partial charge in [0, 0.05) is 22.4 Å². The Kier molecular flexibility index (Phi) is 7.09. The lowest BCUT2D eigenvalue weighted by atomic mass is 10.1. The number of esters is 1. The average Bonchev–Trinajstić information content (AvgIpc) is 2.62. The summed E-state index contributed by atoms with van der Waals surface area (Å²) in [5, 5.41) is 7.19. The zero-order valence-corrected chi connectivity index (χ0v) is 15.1. The van der Waals surface area contributed by atoms with Crippen LogP contribution in [0.5, 0.6) is 0 Å². The zero-order valence-electron chi connectivity index (χ0n) is 13.5. The number of rotatable bonds is 7. The summed E-state index contributed by atoms with van der Waals surface area (Å²) in [7, 11) is 1.46. The van der Waals surface area contributed by atoms with Gasteiger partial charge in [0.15, 0.2) is 6.61 Å². The molecule has 2 aromatic rings. The first-order chi connectivity index (χ1) is 12.0. The molecule has 6 nitrogen and oxygen atoms in total. The van der Waals surface area contributed by atoms with Crippen molar-refractivity contribution in [1.82, 2.24) is 10.6 Å². The summed E-state index contributed by atoms with van der Waals surface area (Å²) in [5.41, 5.74) is 0. The average molecular weight is 381 g/mol. The zero-order chi connectivity index (χ0) is 18.2. The van der Waals surface area contributed by atoms with Crippen LogP contribution in [-0.2, 0) is 19.1 Å². The predicted molar refractivity (Wildman–Crippen MR) is 97.7 cm³/mol. The molecule has 0 bridgehead atoms. The second-order valence-corrected chi connectivity index (χ2v) is 6.42. The number of fused-ring (bicyclic) bond motifs is 1. The van der Waals surface area contributed by atoms with Crippen molar-refractivity contribution < 1.29 is 19.1 Å². The van der Waals surface area contributed by atoms with Crippen molar-refractivity contribution in [2.75, 3.05) is 26.0 Å². The molecule has 0 saturated heterocycles. The Balaban J connectivity index is 1.85. The third-order valence-corrected chi connectivity index (χ3v) is 4.60. The van der Waals surface area contributed by atoms with Gasteiger partial charge in [-0.1, -0.05) is 35.9 Å². The summed E-state index contributed by atoms with van der Waals surface area (Å²) < 4.78 is 4.90. The van der Waals surface area contributed by atoms with E-state index in [2.05, 4.69) is 10.6 Å². The molecule has 132 valence electrons. The molecule has 0 radical (unpaired) electrons. The first kappa shape index (κ1) is 19.1. The fraction of sp³-hybridized carbons (Fsp3) is 0.235. The molecule has 0 unspecified atom stereocenters. The third kappa shape index (κ3) is 5.65. The normalized spacial score (nSPS) is 10.3. The Morgan fingerprint density at radius 1 is 1.12 bits per heavy atom. The minimum absolute atomic E-state index is 0.0487. The van der Waals surface area contributed by atoms with Crippen LogP contribution in [0, 0.1) is 0 Å². The van der Waals surface area contributed by atoms with Gasteiger partial charge in [0.2, 0.25) is 5.91 Å². The fourth-order valence-corrected chi connectivity index (χ4v) is 3.27. The molecule has 0 atom stereocenters. The SMILES string of the molecule is CNC(=O)CNC(=O)COC(=O)CSc1cccc2cccc(Cl)c12. The molecule has 0 aliphatic carbocycles. The third-order valence-electron chi connectivity index (χ3n) is 3.25. The number of nitrogens with one attached hydrogen (secondary N) is 2. The molecular weight excluding hydrogens is 364 g/mol. The smallest absolute Gasteiger partial charge is 0.316 e. The molecule has 2 N–H and O–H groups in total. The molecule has 25 heavy (non-hydrogen) atoms. The van der Waals surface area contributed by atoms with E-state index in [1.165, 1.54) is 18.8 Å². The number of hydrogen-bond acceptors (Lipinski definition) is 5. The second kappa shape index (κ2) is 9.29. The summed E-state index contributed by atoms with van der Waals surface area (Å²) in [6.07, 6.45) is 0. The highest BCUT2D eigenvalue weighted by molar-refractivity contribution is 8.00. The molecule has 0 aliphatic rings. The van der Waals surface area contributed by atoms with E-state index >= 15 is 0 Å². The summed E-state index contributed by atoms with van der Waals surface area (Å²) in [6.45, 7) is -0.581. The Hall–Kier alpha value is -2.25. The number of carbonyl (C=O) groups excluding carboxylic acids is 3. The summed E-state index contributed by atoms with van der Waals surface area (Å²) in [5.74, 6) is -1.34. The van der Waals surface area contributed by atoms with Gasteiger partial charge in [0.1, 0.15) is 0 Å². The fourth-order valence-electron chi connectivity index (χ4n) is 2.03. The van der Waals surface area contributed by atoms with Crippen molar-refractivity contribution >= 4 is 51.9 Å². The number of amides is 2. The highest BCUT2D eigenvalue weighted by Crippen LogP contribution is 2.33. The van der Waals surface area contributed by atoms with E-state index in [4.69, 9.17) is 16.3 Å². The van der Waals surface area contributed by atoms with Gasteiger partial charge in [0.25, 0.3) is 5.91 Å². The number of hydrogen-bond donors (Lipinski definition) is 2. The Morgan fingerprint density at radius 2 is 1.84 bits per heavy atom. The first-order valence-electron chi connectivity index (χ1n) is 7.44. The van der Waals surface area contributed by atoms with Gasteiger partial charge in [0.05, 0.1) is 12.3 Å². The van der Waals surface area contributed by atoms with Crippen LogP contribution in [0.25, 0.3) is 10.8 Å². The lowest BCUT2D eigenvalue weighted by molar-refractivity contribution is -0.146. The highest BCUT2D eigenvalue weighted by atomic mass is 35.5. The van der Waals surface area contributed by atoms with E-state index in [-0.39, 0.29) is 18.2 Å². The van der Waals surface area contributed by atoms with Gasteiger partial charge < -0.3 is 15.4 Å². The summed E-state index contributed by atoms with van der Waals surface area (Å²) in [6, 6.07) is 11.3. The monoisotopic (exact) mass is 380 g/mol. The highest BCUT2D eigenvalue weighted by Gasteiger charge is 2.11. The molecule has 0 aromatic heterocycles. The van der Waals surface area contributed by atoms with Crippen LogP contribution in [0.15, 0.2) is 41.3 Å². The van der Waals surface area contributed by atoms with Crippen molar-refractivity contribution in [3.05, 3.63) is 41.4 Å². The molecule has 0 aliphatic heterocycles. The molecule has 0 spiro atoms. The number of likely N-dealkylation sites (N-methyl/N-ethyl adjacent to an activating group) is 1. The first-order valence-corrected chi connectivity index (χ1v) is 8.80. The number of benzene rings is 2. The quantitative estimate of drug-likeness (QED) is 0.567. The van der Waals surface area contributed by atoms with E-state index in [0.717, 1.165) is 15.7 Å². The topological polar surface area (TPSA) is 84.5 Å². The minimum atomic E-state index is -0.532. The number of ether oxygens (including phenoxy) is 1. The Bertz CT molecular complexity index is 792. The molecule has 0 saturated carbocycles. The lowest BCUT2D eigenvalue weighted by Gasteiger charge is -2.08. The molecule has 0 heterocycles. The van der Waals surface area contributed by atoms with Crippen LogP contribution in [0.1, 0.15) is 0 Å². The van der Waals surface area contributed by atoms with Crippen LogP contribution in [0.4, 0.5) is 0 Å². The van der Waals surface area contributed by atoms with E-state index in [0.29, 0.717) is 5.02 Å². The van der Waals surface area contributed by atoms with Crippen LogP contribution in [-0.4, -0.2) is 43.7 Å². The van der Waals surface area contributed by atoms with Gasteiger partial charge in [-0.05, 0) is 17.5 Å². The van der Waals surface area contributed by atoms with Gasteiger partial charge in [-0.2, -0.15) is 0 Å². The van der Waals surface area contributed by atoms with Gasteiger partial charge >= 0.3 is 5.97 Å². The van der Waals surface area contributed by atoms with Gasteiger partial charge in [-0.15, -0.1) is 11.8 Å². The minimum Gasteiger partial charge on any atom is -0.455 e. The van der Waals surface area contributed by atoms with E-state index in [1.807, 2.05) is 30.3 Å². The molecule has 2 amide bonds. The van der Waals surface area contributed by atoms with Crippen molar-refractivity contribution in [2.45, 2.75) is 4.90 Å². The largest absolute Gasteiger partial charge is 0.455 e. The maximum Gasteiger partial charge on any atom is 0.316 e. The van der Waals surface area contributed by atoms with Gasteiger partial charge in [-0.3, -0.25) is 14.4 Å². The molecule has 8 heteroatoms. The van der Waals surface area contributed by atoms with Crippen LogP contribution >= 0.6 is 23.4 Å². The van der Waals surface area contributed by atoms with E-state index < -0.39 is 18.5 Å². The van der Waals surface area contributed by atoms with Crippen molar-refractivity contribution in [2.24, 2.45) is 0 Å². The van der Waals surface area contributed by atoms with Crippen LogP contribution in [0.2, 0.25) is 5.02 Å². The molecule has 2 aromatic carbocycles. The number of halogens is 1. The maximum atomic E-state index is 11.8. The number of thioether (sulfide) groups is 1. The van der Waals surface area contributed by atoms with Crippen molar-refractivity contribution in [3.63, 3.8) is 0 Å². The molecule has 0 fully saturated rings. The summed E-state index contributed by atoms with van der Waals surface area (Å²) in [4.78, 5) is 35.1. The van der Waals surface area contributed by atoms with E-state index in [9.17, 15) is 14.4 Å². The Morgan fingerprint density at radius 3 is 2.56 bits per heavy atom. The van der Waals surface area contributed by atoms with Crippen LogP contribution in [0.3, 0.4) is 0 Å². The summed E-state index contributed by atoms with van der Waals surface area (Å²) >= 11 is 7.53. The van der Waals surface area contributed by atoms with Crippen molar-refractivity contribution in [1.29, 1.82) is 0 Å². The second-order valence-electron chi connectivity index (χ2n) is 4.99. The molecular formula is C17H17ClN2O4S. The van der Waals surface area contributed by atoms with Gasteiger partial charge in [-0.25, -0.2) is 0 Å². The maximum absolute atomic E-state index is 11.8. The number of carbonyl (C=O) groups is 3. The predicted octanol–water partition coefficient (Wildman–Crippen LogP) is 1.99. The van der Waals surface area contributed by atoms with Crippen molar-refractivity contribution in [3.8, 4) is 0 Å². The standard InChI is InChI=1S/C17H17ClN2O4S/c1-19-14(21)8-20-15(22)9-24-16(23)10-25-13-7-3-5-11-4-2-6-12(18)17(11)13/h2-7H,8-10H2,1H3,(H,19,21)(H,20,22). The van der Waals surface area contributed by atoms with Crippen LogP contribution < -0.4 is 10.6 Å².